The van der Waals surface area contributed by atoms with Crippen LogP contribution in [0.3, 0.4) is 0 Å². The average molecular weight is 307 g/mol. The Kier molecular flexibility index (Phi) is 3.27. The number of para-hydroxylation sites is 1. The zero-order chi connectivity index (χ0) is 15.6. The van der Waals surface area contributed by atoms with E-state index in [1.54, 1.807) is 0 Å². The minimum atomic E-state index is 0.225. The van der Waals surface area contributed by atoms with Gasteiger partial charge in [0.15, 0.2) is 18.1 Å². The fraction of sp³-hybridized carbons (Fsp3) is 0.118. The van der Waals surface area contributed by atoms with E-state index >= 15 is 0 Å². The van der Waals surface area contributed by atoms with Gasteiger partial charge in [-0.1, -0.05) is 23.4 Å². The molecule has 114 valence electrons. The van der Waals surface area contributed by atoms with Gasteiger partial charge in [0.05, 0.1) is 0 Å². The van der Waals surface area contributed by atoms with Crippen molar-refractivity contribution in [3.63, 3.8) is 0 Å². The molecular weight excluding hydrogens is 294 g/mol. The Morgan fingerprint density at radius 3 is 2.78 bits per heavy atom. The predicted octanol–water partition coefficient (Wildman–Crippen LogP) is 3.77. The van der Waals surface area contributed by atoms with Crippen LogP contribution in [0, 0.1) is 6.92 Å². The molecule has 0 fully saturated rings. The van der Waals surface area contributed by atoms with Crippen molar-refractivity contribution in [2.24, 2.45) is 0 Å². The summed E-state index contributed by atoms with van der Waals surface area (Å²) in [5.74, 6) is 2.30. The van der Waals surface area contributed by atoms with Crippen LogP contribution in [-0.4, -0.2) is 15.1 Å². The van der Waals surface area contributed by atoms with Gasteiger partial charge in [-0.25, -0.2) is 4.98 Å². The average Bonchev–Trinajstić information content (AvgIpc) is 3.18. The molecule has 6 nitrogen and oxygen atoms in total. The molecule has 4 aromatic rings. The van der Waals surface area contributed by atoms with Gasteiger partial charge in [-0.3, -0.25) is 0 Å². The predicted molar refractivity (Wildman–Crippen MR) is 82.8 cm³/mol. The molecule has 0 aliphatic carbocycles. The summed E-state index contributed by atoms with van der Waals surface area (Å²) in [5, 5.41) is 3.99. The summed E-state index contributed by atoms with van der Waals surface area (Å²) in [6.45, 7) is 2.04. The summed E-state index contributed by atoms with van der Waals surface area (Å²) in [4.78, 5) is 8.65. The maximum atomic E-state index is 5.59. The fourth-order valence-electron chi connectivity index (χ4n) is 2.27. The minimum Gasteiger partial charge on any atom is -0.484 e. The second-order valence-electron chi connectivity index (χ2n) is 5.03. The molecule has 0 atom stereocenters. The number of hydrogen-bond acceptors (Lipinski definition) is 6. The first-order valence-corrected chi connectivity index (χ1v) is 7.16. The lowest BCUT2D eigenvalue weighted by atomic mass is 10.2. The summed E-state index contributed by atoms with van der Waals surface area (Å²) >= 11 is 0. The Morgan fingerprint density at radius 1 is 1.04 bits per heavy atom. The van der Waals surface area contributed by atoms with E-state index in [1.807, 2.05) is 55.5 Å². The van der Waals surface area contributed by atoms with Crippen LogP contribution in [-0.2, 0) is 6.61 Å². The second kappa shape index (κ2) is 5.57. The molecule has 0 aliphatic rings. The Bertz CT molecular complexity index is 944. The summed E-state index contributed by atoms with van der Waals surface area (Å²) in [7, 11) is 0. The number of ether oxygens (including phenoxy) is 1. The van der Waals surface area contributed by atoms with E-state index < -0.39 is 0 Å². The number of fused-ring (bicyclic) bond motifs is 1. The number of benzene rings is 2. The molecule has 23 heavy (non-hydrogen) atoms. The zero-order valence-corrected chi connectivity index (χ0v) is 12.4. The summed E-state index contributed by atoms with van der Waals surface area (Å²) in [6, 6.07) is 15.1. The third-order valence-electron chi connectivity index (χ3n) is 3.33. The quantitative estimate of drug-likeness (QED) is 0.571. The molecule has 6 heteroatoms. The fourth-order valence-corrected chi connectivity index (χ4v) is 2.27. The number of oxazole rings is 1. The Labute approximate surface area is 131 Å². The molecule has 0 spiro atoms. The van der Waals surface area contributed by atoms with Crippen LogP contribution in [0.5, 0.6) is 5.75 Å². The molecule has 0 saturated carbocycles. The van der Waals surface area contributed by atoms with Crippen molar-refractivity contribution < 1.29 is 13.7 Å². The lowest BCUT2D eigenvalue weighted by molar-refractivity contribution is 0.243. The van der Waals surface area contributed by atoms with Crippen LogP contribution in [0.2, 0.25) is 0 Å². The largest absolute Gasteiger partial charge is 0.484 e. The van der Waals surface area contributed by atoms with E-state index in [-0.39, 0.29) is 6.61 Å². The standard InChI is InChI=1S/C17H13N3O3/c1-11-18-14-9-12(7-8-15(14)22-11)17-19-16(23-20-17)10-21-13-5-3-2-4-6-13/h2-9H,10H2,1H3. The highest BCUT2D eigenvalue weighted by Crippen LogP contribution is 2.23. The van der Waals surface area contributed by atoms with Gasteiger partial charge in [0.1, 0.15) is 11.3 Å². The molecule has 2 heterocycles. The molecule has 2 aromatic heterocycles. The molecule has 4 rings (SSSR count). The van der Waals surface area contributed by atoms with Gasteiger partial charge in [0, 0.05) is 12.5 Å². The van der Waals surface area contributed by atoms with Crippen LogP contribution >= 0.6 is 0 Å². The molecule has 0 N–H and O–H groups in total. The lowest BCUT2D eigenvalue weighted by Gasteiger charge is -2.01. The van der Waals surface area contributed by atoms with Crippen LogP contribution in [0.15, 0.2) is 57.5 Å². The molecule has 0 amide bonds. The topological polar surface area (TPSA) is 74.2 Å². The van der Waals surface area contributed by atoms with Crippen LogP contribution in [0.1, 0.15) is 11.8 Å². The SMILES string of the molecule is Cc1nc2cc(-c3noc(COc4ccccc4)n3)ccc2o1. The van der Waals surface area contributed by atoms with E-state index in [0.717, 1.165) is 22.4 Å². The van der Waals surface area contributed by atoms with Crippen molar-refractivity contribution in [3.8, 4) is 17.1 Å². The first kappa shape index (κ1) is 13.5. The van der Waals surface area contributed by atoms with Gasteiger partial charge in [0.25, 0.3) is 5.89 Å². The maximum Gasteiger partial charge on any atom is 0.264 e. The van der Waals surface area contributed by atoms with Crippen molar-refractivity contribution >= 4 is 11.1 Å². The highest BCUT2D eigenvalue weighted by atomic mass is 16.5. The molecule has 0 bridgehead atoms. The highest BCUT2D eigenvalue weighted by Gasteiger charge is 2.11. The normalized spacial score (nSPS) is 11.0. The minimum absolute atomic E-state index is 0.225. The molecule has 2 aromatic carbocycles. The van der Waals surface area contributed by atoms with Crippen molar-refractivity contribution in [2.45, 2.75) is 13.5 Å². The van der Waals surface area contributed by atoms with Gasteiger partial charge in [-0.15, -0.1) is 0 Å². The number of hydrogen-bond donors (Lipinski definition) is 0. The third-order valence-corrected chi connectivity index (χ3v) is 3.33. The smallest absolute Gasteiger partial charge is 0.264 e. The number of aromatic nitrogens is 3. The van der Waals surface area contributed by atoms with Crippen molar-refractivity contribution in [1.82, 2.24) is 15.1 Å². The Morgan fingerprint density at radius 2 is 1.91 bits per heavy atom. The van der Waals surface area contributed by atoms with E-state index in [0.29, 0.717) is 17.6 Å². The third kappa shape index (κ3) is 2.78. The van der Waals surface area contributed by atoms with Crippen molar-refractivity contribution in [1.29, 1.82) is 0 Å². The zero-order valence-electron chi connectivity index (χ0n) is 12.4. The summed E-state index contributed by atoms with van der Waals surface area (Å²) in [5.41, 5.74) is 2.33. The van der Waals surface area contributed by atoms with E-state index in [1.165, 1.54) is 0 Å². The maximum absolute atomic E-state index is 5.59. The van der Waals surface area contributed by atoms with Crippen molar-refractivity contribution in [2.75, 3.05) is 0 Å². The van der Waals surface area contributed by atoms with Crippen LogP contribution in [0.4, 0.5) is 0 Å². The van der Waals surface area contributed by atoms with Gasteiger partial charge in [0.2, 0.25) is 5.82 Å². The summed E-state index contributed by atoms with van der Waals surface area (Å²) in [6.07, 6.45) is 0. The lowest BCUT2D eigenvalue weighted by Crippen LogP contribution is -1.95. The number of aryl methyl sites for hydroxylation is 1. The van der Waals surface area contributed by atoms with Crippen molar-refractivity contribution in [3.05, 3.63) is 60.3 Å². The van der Waals surface area contributed by atoms with E-state index in [9.17, 15) is 0 Å². The first-order valence-electron chi connectivity index (χ1n) is 7.16. The molecule has 0 saturated heterocycles. The molecular formula is C17H13N3O3. The van der Waals surface area contributed by atoms with E-state index in [2.05, 4.69) is 15.1 Å². The Hall–Kier alpha value is -3.15. The summed E-state index contributed by atoms with van der Waals surface area (Å²) < 4.78 is 16.3. The van der Waals surface area contributed by atoms with Gasteiger partial charge < -0.3 is 13.7 Å². The number of nitrogens with zero attached hydrogens (tertiary/aromatic N) is 3. The monoisotopic (exact) mass is 307 g/mol. The van der Waals surface area contributed by atoms with Gasteiger partial charge in [-0.2, -0.15) is 4.98 Å². The van der Waals surface area contributed by atoms with Gasteiger partial charge >= 0.3 is 0 Å². The number of rotatable bonds is 4. The van der Waals surface area contributed by atoms with Crippen LogP contribution < -0.4 is 4.74 Å². The Balaban J connectivity index is 1.54. The van der Waals surface area contributed by atoms with Crippen LogP contribution in [0.25, 0.3) is 22.5 Å². The molecule has 0 aliphatic heterocycles. The van der Waals surface area contributed by atoms with E-state index in [4.69, 9.17) is 13.7 Å². The highest BCUT2D eigenvalue weighted by molar-refractivity contribution is 5.78. The molecule has 0 radical (unpaired) electrons. The molecule has 0 unspecified atom stereocenters. The van der Waals surface area contributed by atoms with Gasteiger partial charge in [-0.05, 0) is 30.3 Å². The second-order valence-corrected chi connectivity index (χ2v) is 5.03. The first-order chi connectivity index (χ1) is 11.3.